The van der Waals surface area contributed by atoms with Gasteiger partial charge in [-0.2, -0.15) is 13.2 Å². The van der Waals surface area contributed by atoms with Gasteiger partial charge in [0.25, 0.3) is 0 Å². The Morgan fingerprint density at radius 3 is 2.29 bits per heavy atom. The molecule has 0 radical (unpaired) electrons. The molecule has 1 aliphatic rings. The first-order valence-electron chi connectivity index (χ1n) is 5.41. The molecule has 1 fully saturated rings. The van der Waals surface area contributed by atoms with Crippen LogP contribution in [0.5, 0.6) is 0 Å². The maximum Gasteiger partial charge on any atom is 0.418 e. The van der Waals surface area contributed by atoms with Gasteiger partial charge < -0.3 is 10.6 Å². The van der Waals surface area contributed by atoms with Gasteiger partial charge >= 0.3 is 6.18 Å². The Hall–Kier alpha value is -1.39. The topological polar surface area (TPSA) is 29.3 Å². The molecule has 0 saturated carbocycles. The van der Waals surface area contributed by atoms with E-state index < -0.39 is 11.7 Å². The molecule has 5 heteroatoms. The number of alkyl halides is 3. The maximum absolute atomic E-state index is 12.7. The predicted molar refractivity (Wildman–Crippen MR) is 61.9 cm³/mol. The monoisotopic (exact) mass is 244 g/mol. The Morgan fingerprint density at radius 1 is 1.24 bits per heavy atom. The van der Waals surface area contributed by atoms with Gasteiger partial charge in [0.15, 0.2) is 0 Å². The van der Waals surface area contributed by atoms with E-state index in [1.165, 1.54) is 6.07 Å². The Labute approximate surface area is 98.2 Å². The first-order valence-corrected chi connectivity index (χ1v) is 5.41. The fraction of sp³-hybridized carbons (Fsp3) is 0.500. The summed E-state index contributed by atoms with van der Waals surface area (Å²) in [6.45, 7) is 5.72. The normalized spacial score (nSPS) is 19.0. The van der Waals surface area contributed by atoms with Crippen LogP contribution in [-0.4, -0.2) is 13.1 Å². The zero-order valence-corrected chi connectivity index (χ0v) is 9.80. The number of benzene rings is 1. The SMILES string of the molecule is CC1(C)CN(c2ccc(N)c(C(F)(F)F)c2)C1. The second-order valence-corrected chi connectivity index (χ2v) is 5.29. The molecular formula is C12H15F3N2. The molecular weight excluding hydrogens is 229 g/mol. The highest BCUT2D eigenvalue weighted by molar-refractivity contribution is 5.60. The van der Waals surface area contributed by atoms with Gasteiger partial charge in [-0.25, -0.2) is 0 Å². The van der Waals surface area contributed by atoms with Crippen LogP contribution in [0, 0.1) is 5.41 Å². The summed E-state index contributed by atoms with van der Waals surface area (Å²) >= 11 is 0. The lowest BCUT2D eigenvalue weighted by Crippen LogP contribution is -2.53. The van der Waals surface area contributed by atoms with Crippen molar-refractivity contribution in [1.82, 2.24) is 0 Å². The van der Waals surface area contributed by atoms with E-state index >= 15 is 0 Å². The summed E-state index contributed by atoms with van der Waals surface area (Å²) in [4.78, 5) is 1.93. The van der Waals surface area contributed by atoms with Crippen molar-refractivity contribution in [2.24, 2.45) is 5.41 Å². The van der Waals surface area contributed by atoms with Crippen LogP contribution < -0.4 is 10.6 Å². The molecule has 0 atom stereocenters. The van der Waals surface area contributed by atoms with E-state index in [2.05, 4.69) is 13.8 Å². The van der Waals surface area contributed by atoms with Crippen molar-refractivity contribution in [3.63, 3.8) is 0 Å². The van der Waals surface area contributed by atoms with E-state index in [1.807, 2.05) is 4.90 Å². The zero-order chi connectivity index (χ0) is 12.8. The Bertz CT molecular complexity index is 430. The predicted octanol–water partition coefficient (Wildman–Crippen LogP) is 3.13. The molecule has 1 aliphatic heterocycles. The summed E-state index contributed by atoms with van der Waals surface area (Å²) in [6.07, 6.45) is -4.39. The lowest BCUT2D eigenvalue weighted by Gasteiger charge is -2.47. The lowest BCUT2D eigenvalue weighted by atomic mass is 9.84. The number of anilines is 2. The van der Waals surface area contributed by atoms with Gasteiger partial charge in [0.05, 0.1) is 5.56 Å². The van der Waals surface area contributed by atoms with Crippen LogP contribution in [0.25, 0.3) is 0 Å². The molecule has 94 valence electrons. The number of halogens is 3. The molecule has 17 heavy (non-hydrogen) atoms. The number of nitrogen functional groups attached to an aromatic ring is 1. The van der Waals surface area contributed by atoms with Gasteiger partial charge in [-0.15, -0.1) is 0 Å². The second-order valence-electron chi connectivity index (χ2n) is 5.29. The van der Waals surface area contributed by atoms with Crippen LogP contribution in [-0.2, 0) is 6.18 Å². The third kappa shape index (κ3) is 2.33. The molecule has 1 aromatic rings. The highest BCUT2D eigenvalue weighted by atomic mass is 19.4. The number of nitrogens with two attached hydrogens (primary N) is 1. The quantitative estimate of drug-likeness (QED) is 0.769. The van der Waals surface area contributed by atoms with Crippen molar-refractivity contribution in [3.8, 4) is 0 Å². The van der Waals surface area contributed by atoms with Crippen LogP contribution in [0.2, 0.25) is 0 Å². The van der Waals surface area contributed by atoms with E-state index in [4.69, 9.17) is 5.73 Å². The Morgan fingerprint density at radius 2 is 1.82 bits per heavy atom. The largest absolute Gasteiger partial charge is 0.418 e. The minimum atomic E-state index is -4.39. The summed E-state index contributed by atoms with van der Waals surface area (Å²) in [6, 6.07) is 4.09. The van der Waals surface area contributed by atoms with Crippen LogP contribution in [0.15, 0.2) is 18.2 Å². The molecule has 1 saturated heterocycles. The standard InChI is InChI=1S/C12H15F3N2/c1-11(2)6-17(7-11)8-3-4-10(16)9(5-8)12(13,14)15/h3-5H,6-7,16H2,1-2H3. The molecule has 0 aliphatic carbocycles. The van der Waals surface area contributed by atoms with E-state index in [1.54, 1.807) is 6.07 Å². The molecule has 0 aromatic heterocycles. The van der Waals surface area contributed by atoms with Gasteiger partial charge in [-0.3, -0.25) is 0 Å². The summed E-state index contributed by atoms with van der Waals surface area (Å²) in [5.74, 6) is 0. The van der Waals surface area contributed by atoms with Crippen LogP contribution in [0.3, 0.4) is 0 Å². The summed E-state index contributed by atoms with van der Waals surface area (Å²) in [5, 5.41) is 0. The van der Waals surface area contributed by atoms with Gasteiger partial charge in [0.1, 0.15) is 0 Å². The van der Waals surface area contributed by atoms with E-state index in [0.29, 0.717) is 5.69 Å². The van der Waals surface area contributed by atoms with Crippen molar-refractivity contribution >= 4 is 11.4 Å². The summed E-state index contributed by atoms with van der Waals surface area (Å²) in [5.41, 5.74) is 5.15. The fourth-order valence-electron chi connectivity index (χ4n) is 2.16. The summed E-state index contributed by atoms with van der Waals surface area (Å²) < 4.78 is 38.0. The average Bonchev–Trinajstić information content (AvgIpc) is 2.13. The van der Waals surface area contributed by atoms with Crippen LogP contribution in [0.4, 0.5) is 24.5 Å². The van der Waals surface area contributed by atoms with Crippen molar-refractivity contribution < 1.29 is 13.2 Å². The fourth-order valence-corrected chi connectivity index (χ4v) is 2.16. The molecule has 0 bridgehead atoms. The molecule has 1 aromatic carbocycles. The van der Waals surface area contributed by atoms with E-state index in [0.717, 1.165) is 19.2 Å². The molecule has 0 spiro atoms. The Balaban J connectivity index is 2.27. The smallest absolute Gasteiger partial charge is 0.398 e. The number of hydrogen-bond donors (Lipinski definition) is 1. The molecule has 2 N–H and O–H groups in total. The minimum absolute atomic E-state index is 0.180. The third-order valence-electron chi connectivity index (χ3n) is 2.95. The van der Waals surface area contributed by atoms with Gasteiger partial charge in [-0.1, -0.05) is 13.8 Å². The van der Waals surface area contributed by atoms with Crippen molar-refractivity contribution in [3.05, 3.63) is 23.8 Å². The first kappa shape index (κ1) is 12.1. The second kappa shape index (κ2) is 3.55. The molecule has 0 unspecified atom stereocenters. The lowest BCUT2D eigenvalue weighted by molar-refractivity contribution is -0.136. The van der Waals surface area contributed by atoms with Crippen LogP contribution in [0.1, 0.15) is 19.4 Å². The van der Waals surface area contributed by atoms with Crippen LogP contribution >= 0.6 is 0 Å². The van der Waals surface area contributed by atoms with Gasteiger partial charge in [0, 0.05) is 24.5 Å². The van der Waals surface area contributed by atoms with E-state index in [9.17, 15) is 13.2 Å². The zero-order valence-electron chi connectivity index (χ0n) is 9.80. The highest BCUT2D eigenvalue weighted by Crippen LogP contribution is 2.39. The van der Waals surface area contributed by atoms with Crippen molar-refractivity contribution in [1.29, 1.82) is 0 Å². The third-order valence-corrected chi connectivity index (χ3v) is 2.95. The number of nitrogens with zero attached hydrogens (tertiary/aromatic N) is 1. The van der Waals surface area contributed by atoms with Gasteiger partial charge in [-0.05, 0) is 23.6 Å². The van der Waals surface area contributed by atoms with Crippen molar-refractivity contribution in [2.75, 3.05) is 23.7 Å². The number of hydrogen-bond acceptors (Lipinski definition) is 2. The molecule has 2 rings (SSSR count). The van der Waals surface area contributed by atoms with Gasteiger partial charge in [0.2, 0.25) is 0 Å². The molecule has 1 heterocycles. The highest BCUT2D eigenvalue weighted by Gasteiger charge is 2.37. The van der Waals surface area contributed by atoms with Crippen molar-refractivity contribution in [2.45, 2.75) is 20.0 Å². The minimum Gasteiger partial charge on any atom is -0.398 e. The summed E-state index contributed by atoms with van der Waals surface area (Å²) in [7, 11) is 0. The first-order chi connectivity index (χ1) is 7.69. The number of rotatable bonds is 1. The average molecular weight is 244 g/mol. The molecule has 2 nitrogen and oxygen atoms in total. The Kier molecular flexibility index (Phi) is 2.52. The molecule has 0 amide bonds. The maximum atomic E-state index is 12.7. The van der Waals surface area contributed by atoms with E-state index in [-0.39, 0.29) is 11.1 Å².